The van der Waals surface area contributed by atoms with Crippen molar-refractivity contribution in [2.24, 2.45) is 0 Å². The van der Waals surface area contributed by atoms with E-state index in [4.69, 9.17) is 4.74 Å². The topological polar surface area (TPSA) is 12.5 Å². The Balaban J connectivity index is 1.01. The van der Waals surface area contributed by atoms with E-state index in [-0.39, 0.29) is 23.5 Å². The summed E-state index contributed by atoms with van der Waals surface area (Å²) in [6, 6.07) is 20.1. The molecule has 2 heteroatoms. The van der Waals surface area contributed by atoms with E-state index < -0.39 is 10.8 Å². The van der Waals surface area contributed by atoms with Gasteiger partial charge >= 0.3 is 0 Å². The van der Waals surface area contributed by atoms with Gasteiger partial charge in [0.1, 0.15) is 11.4 Å². The number of hydrogen-bond donors (Lipinski definition) is 0. The fraction of sp³-hybridized carbons (Fsp3) is 0.136. The zero-order valence-corrected chi connectivity index (χ0v) is 44.4. The van der Waals surface area contributed by atoms with Gasteiger partial charge in [-0.2, -0.15) is 0 Å². The fourth-order valence-corrected chi connectivity index (χ4v) is 29.0. The van der Waals surface area contributed by atoms with Crippen molar-refractivity contribution in [1.82, 2.24) is 4.90 Å². The molecule has 2 bridgehead atoms. The van der Waals surface area contributed by atoms with E-state index >= 15 is 0 Å². The number of nitrogens with zero attached hydrogens (tertiary/aromatic N) is 1. The molecule has 0 saturated carbocycles. The highest BCUT2D eigenvalue weighted by Gasteiger charge is 2.78. The van der Waals surface area contributed by atoms with Crippen LogP contribution in [0.15, 0.2) is 48.5 Å². The number of fused-ring (bicyclic) bond motifs is 2. The second-order valence-electron chi connectivity index (χ2n) is 31.2. The molecule has 0 unspecified atom stereocenters. The molecule has 1 saturated heterocycles. The molecule has 2 heterocycles. The van der Waals surface area contributed by atoms with Gasteiger partial charge in [0.2, 0.25) is 0 Å². The summed E-state index contributed by atoms with van der Waals surface area (Å²) < 4.78 is 6.70. The molecule has 0 radical (unpaired) electrons. The lowest BCUT2D eigenvalue weighted by atomic mass is 9.38. The van der Waals surface area contributed by atoms with Gasteiger partial charge in [-0.05, 0) is 370 Å². The van der Waals surface area contributed by atoms with Crippen LogP contribution in [-0.4, -0.2) is 24.1 Å². The molecule has 37 rings (SSSR count). The average molecular weight is 1030 g/mol. The van der Waals surface area contributed by atoms with Crippen LogP contribution in [0.2, 0.25) is 0 Å². The summed E-state index contributed by atoms with van der Waals surface area (Å²) in [5.41, 5.74) is 10.7. The summed E-state index contributed by atoms with van der Waals surface area (Å²) in [6.07, 6.45) is 0. The first kappa shape index (κ1) is 33.6. The van der Waals surface area contributed by atoms with E-state index in [1.54, 1.807) is 324 Å². The SMILES string of the molecule is CN1C[C@H](c2ccc(OC(C)(C)C)cc2)[C@H]2c3ccccc3[C@@H]1C13c4c5c6c7c8c9c(c%10c%11c1c1c4c4c%12c5c5c6c6c8c8c%13c9c9c%10c%10c%11c%11c1c1c4c4c%12c%12c5c5c6c8c6c8c%13c9c9c%10c%10c%11c1c1c4c4c%12c5c6c5c8c9c%10c1c45)C723. The summed E-state index contributed by atoms with van der Waals surface area (Å²) in [5, 5.41) is 90.1. The van der Waals surface area contributed by atoms with E-state index in [0.29, 0.717) is 0 Å². The van der Waals surface area contributed by atoms with Crippen LogP contribution in [0.5, 0.6) is 5.75 Å². The molecule has 83 heavy (non-hydrogen) atoms. The molecule has 0 amide bonds. The fourth-order valence-electron chi connectivity index (χ4n) is 29.0. The quantitative estimate of drug-likeness (QED) is 0.160. The van der Waals surface area contributed by atoms with Crippen molar-refractivity contribution in [3.8, 4) is 5.75 Å². The normalized spacial score (nSPS) is 24.5. The van der Waals surface area contributed by atoms with Crippen molar-refractivity contribution in [2.75, 3.05) is 13.6 Å². The van der Waals surface area contributed by atoms with Gasteiger partial charge in [0.05, 0.1) is 5.41 Å². The smallest absolute Gasteiger partial charge is 0.120 e. The van der Waals surface area contributed by atoms with Crippen LogP contribution in [0.1, 0.15) is 77.6 Å². The Labute approximate surface area is 459 Å². The minimum Gasteiger partial charge on any atom is -0.488 e. The van der Waals surface area contributed by atoms with Crippen LogP contribution in [0.25, 0.3) is 291 Å². The van der Waals surface area contributed by atoms with E-state index in [2.05, 4.69) is 81.2 Å². The Hall–Kier alpha value is -9.34. The monoisotopic (exact) mass is 1030 g/mol. The van der Waals surface area contributed by atoms with Crippen molar-refractivity contribution < 1.29 is 4.74 Å². The third-order valence-electron chi connectivity index (χ3n) is 29.0. The molecule has 1 fully saturated rings. The predicted octanol–water partition coefficient (Wildman–Crippen LogP) is 21.0. The van der Waals surface area contributed by atoms with E-state index in [1.165, 1.54) is 5.56 Å². The molecular weight excluding hydrogens is 1000 g/mol. The number of rotatable bonds is 2. The van der Waals surface area contributed by atoms with Crippen molar-refractivity contribution in [1.29, 1.82) is 0 Å². The van der Waals surface area contributed by atoms with Crippen molar-refractivity contribution in [2.45, 2.75) is 55.1 Å². The summed E-state index contributed by atoms with van der Waals surface area (Å²) in [4.78, 5) is 3.00. The largest absolute Gasteiger partial charge is 0.488 e. The van der Waals surface area contributed by atoms with Crippen LogP contribution in [0.3, 0.4) is 0 Å². The van der Waals surface area contributed by atoms with Crippen LogP contribution in [-0.2, 0) is 10.8 Å². The Kier molecular flexibility index (Phi) is 3.21. The summed E-state index contributed by atoms with van der Waals surface area (Å²) in [7, 11) is 2.61. The molecule has 2 aliphatic heterocycles. The van der Waals surface area contributed by atoms with Gasteiger partial charge in [-0.3, -0.25) is 4.90 Å². The highest BCUT2D eigenvalue weighted by atomic mass is 16.5. The Morgan fingerprint density at radius 2 is 0.554 bits per heavy atom. The maximum atomic E-state index is 6.70. The summed E-state index contributed by atoms with van der Waals surface area (Å²) in [6.45, 7) is 7.57. The van der Waals surface area contributed by atoms with Crippen LogP contribution < -0.4 is 4.74 Å². The second-order valence-corrected chi connectivity index (χ2v) is 31.2. The number of hydrogen-bond acceptors (Lipinski definition) is 2. The lowest BCUT2D eigenvalue weighted by Crippen LogP contribution is -2.62. The molecule has 3 atom stereocenters. The summed E-state index contributed by atoms with van der Waals surface area (Å²) in [5.74, 6) is 1.33. The predicted molar refractivity (Wildman–Crippen MR) is 348 cm³/mol. The van der Waals surface area contributed by atoms with Gasteiger partial charge in [0.25, 0.3) is 0 Å². The first-order valence-corrected chi connectivity index (χ1v) is 31.3. The minimum absolute atomic E-state index is 0.110. The standard InChI is InChI=1S/C81H25NO/c1-79(2,3)83-15-11-9-14(10-12-15)18-13-82(4)78-17-8-6-5-7-16(17)73(18)80-74-65-57-47-37-29-21-19-20-23-27-25(21)33-41-35(27)45-39-31(23)32-24(20)28-26-22(19)30(29)38-44-34(26)42-36(28)46-40(32)50-49(39)59-53(45)63-55(41)61(51(57)43(33)37)67(74)69(63)76-71(59)72-60(50)54(46)64-56(42)62-52(44)58(48(38)47)66(65)75(80)68(62)70(64)77(72)81(76,78)80/h5-12,18,73,78H,13H2,1-4H3/t18-,73-,78-,80?,81?/m1/s1. The molecule has 0 aromatic heterocycles. The van der Waals surface area contributed by atoms with Gasteiger partial charge in [-0.1, -0.05) is 36.4 Å². The lowest BCUT2D eigenvalue weighted by Gasteiger charge is -2.63. The molecular formula is C81H25NO. The van der Waals surface area contributed by atoms with Gasteiger partial charge in [-0.25, -0.2) is 0 Å². The maximum absolute atomic E-state index is 6.70. The van der Waals surface area contributed by atoms with E-state index in [0.717, 1.165) is 12.3 Å². The Morgan fingerprint density at radius 1 is 0.313 bits per heavy atom. The second kappa shape index (κ2) is 7.95. The van der Waals surface area contributed by atoms with Crippen LogP contribution in [0, 0.1) is 0 Å². The molecule has 2 spiro atoms. The third kappa shape index (κ3) is 2.00. The molecule has 30 aromatic carbocycles. The Morgan fingerprint density at radius 3 is 0.819 bits per heavy atom. The molecule has 5 aliphatic carbocycles. The van der Waals surface area contributed by atoms with Crippen LogP contribution in [0.4, 0.5) is 0 Å². The zero-order chi connectivity index (χ0) is 50.7. The van der Waals surface area contributed by atoms with E-state index in [9.17, 15) is 0 Å². The molecule has 2 nitrogen and oxygen atoms in total. The van der Waals surface area contributed by atoms with Crippen LogP contribution >= 0.6 is 0 Å². The highest BCUT2D eigenvalue weighted by Crippen LogP contribution is 2.89. The Bertz CT molecular complexity index is 7930. The van der Waals surface area contributed by atoms with Crippen molar-refractivity contribution in [3.63, 3.8) is 0 Å². The molecule has 0 N–H and O–H groups in total. The number of likely N-dealkylation sites (N-methyl/N-ethyl adjacent to an activating group) is 1. The minimum atomic E-state index is -0.409. The van der Waals surface area contributed by atoms with Gasteiger partial charge in [-0.15, -0.1) is 0 Å². The van der Waals surface area contributed by atoms with E-state index in [1.807, 2.05) is 0 Å². The van der Waals surface area contributed by atoms with Crippen molar-refractivity contribution >= 4 is 291 Å². The highest BCUT2D eigenvalue weighted by molar-refractivity contribution is 6.82. The maximum Gasteiger partial charge on any atom is 0.120 e. The number of ether oxygens (including phenoxy) is 1. The van der Waals surface area contributed by atoms with Gasteiger partial charge < -0.3 is 4.74 Å². The molecule has 30 aromatic rings. The first-order chi connectivity index (χ1) is 40.9. The lowest BCUT2D eigenvalue weighted by molar-refractivity contribution is 0.131. The third-order valence-corrected chi connectivity index (χ3v) is 29.0. The van der Waals surface area contributed by atoms with Gasteiger partial charge in [0.15, 0.2) is 0 Å². The van der Waals surface area contributed by atoms with Gasteiger partial charge in [0, 0.05) is 29.8 Å². The molecule has 360 valence electrons. The van der Waals surface area contributed by atoms with Crippen molar-refractivity contribution in [3.05, 3.63) is 87.5 Å². The zero-order valence-electron chi connectivity index (χ0n) is 44.4. The first-order valence-electron chi connectivity index (χ1n) is 31.3. The molecule has 7 aliphatic rings. The summed E-state index contributed by atoms with van der Waals surface area (Å²) >= 11 is 0. The average Bonchev–Trinajstić information content (AvgIpc) is 1.38. The number of benzene rings is 20.